The van der Waals surface area contributed by atoms with Gasteiger partial charge < -0.3 is 19.9 Å². The van der Waals surface area contributed by atoms with Crippen LogP contribution < -0.4 is 19.7 Å². The number of carbonyl (C=O) groups is 2. The molecule has 5 rings (SSSR count). The van der Waals surface area contributed by atoms with Crippen LogP contribution in [0.15, 0.2) is 66.7 Å². The van der Waals surface area contributed by atoms with E-state index in [1.54, 1.807) is 30.3 Å². The number of nitrogens with zero attached hydrogens (tertiary/aromatic N) is 1. The second-order valence-corrected chi connectivity index (χ2v) is 9.36. The Bertz CT molecular complexity index is 1250. The van der Waals surface area contributed by atoms with E-state index in [1.807, 2.05) is 31.2 Å². The van der Waals surface area contributed by atoms with Crippen LogP contribution in [0.2, 0.25) is 0 Å². The molecule has 0 bridgehead atoms. The summed E-state index contributed by atoms with van der Waals surface area (Å²) < 4.78 is 11.3. The van der Waals surface area contributed by atoms with Gasteiger partial charge in [-0.1, -0.05) is 37.1 Å². The number of benzene rings is 3. The number of anilines is 1. The molecule has 0 aromatic heterocycles. The summed E-state index contributed by atoms with van der Waals surface area (Å²) in [5.74, 6) is 0.605. The first-order chi connectivity index (χ1) is 17.5. The lowest BCUT2D eigenvalue weighted by molar-refractivity contribution is -0.123. The molecule has 1 fully saturated rings. The third-order valence-electron chi connectivity index (χ3n) is 6.70. The van der Waals surface area contributed by atoms with Crippen LogP contribution in [0, 0.1) is 6.92 Å². The number of nitrogens with one attached hydrogen (secondary N) is 1. The van der Waals surface area contributed by atoms with Gasteiger partial charge >= 0.3 is 0 Å². The van der Waals surface area contributed by atoms with Gasteiger partial charge in [0.1, 0.15) is 25.0 Å². The Morgan fingerprint density at radius 2 is 1.67 bits per heavy atom. The molecule has 1 heterocycles. The highest BCUT2D eigenvalue weighted by molar-refractivity contribution is 6.10. The fraction of sp³-hybridized carbons (Fsp3) is 0.310. The maximum atomic E-state index is 14.2. The number of carbonyl (C=O) groups excluding carboxylic acids is 2. The van der Waals surface area contributed by atoms with E-state index >= 15 is 0 Å². The molecule has 7 heteroatoms. The average Bonchev–Trinajstić information content (AvgIpc) is 3.40. The zero-order chi connectivity index (χ0) is 25.1. The van der Waals surface area contributed by atoms with Gasteiger partial charge in [0.05, 0.1) is 0 Å². The Hall–Kier alpha value is -4.00. The number of phenols is 1. The van der Waals surface area contributed by atoms with Gasteiger partial charge in [-0.15, -0.1) is 0 Å². The summed E-state index contributed by atoms with van der Waals surface area (Å²) in [6.45, 7) is 2.82. The lowest BCUT2D eigenvalue weighted by Gasteiger charge is -2.33. The Morgan fingerprint density at radius 3 is 2.39 bits per heavy atom. The predicted octanol–water partition coefficient (Wildman–Crippen LogP) is 4.92. The number of aryl methyl sites for hydroxylation is 1. The van der Waals surface area contributed by atoms with Gasteiger partial charge in [0, 0.05) is 17.3 Å². The number of amides is 2. The molecule has 1 aliphatic carbocycles. The third-order valence-corrected chi connectivity index (χ3v) is 6.70. The summed E-state index contributed by atoms with van der Waals surface area (Å²) in [6, 6.07) is 18.2. The standard InChI is InChI=1S/C29H30N2O5/c1-19-5-4-8-23(17-19)31(29(34)21-11-14-25-26(18-21)36-16-15-35-25)27(20-9-12-24(32)13-10-20)28(33)30-22-6-2-3-7-22/h4-5,8-14,17-18,22,27,32H,2-3,6-7,15-16H2,1H3,(H,30,33)/t27-/m0/s1. The lowest BCUT2D eigenvalue weighted by atomic mass is 10.00. The van der Waals surface area contributed by atoms with E-state index in [0.29, 0.717) is 41.5 Å². The van der Waals surface area contributed by atoms with Gasteiger partial charge in [-0.05, 0) is 73.4 Å². The average molecular weight is 487 g/mol. The molecule has 0 saturated heterocycles. The topological polar surface area (TPSA) is 88.1 Å². The van der Waals surface area contributed by atoms with Crippen LogP contribution >= 0.6 is 0 Å². The second kappa shape index (κ2) is 10.3. The van der Waals surface area contributed by atoms with E-state index in [0.717, 1.165) is 31.2 Å². The molecule has 0 unspecified atom stereocenters. The zero-order valence-electron chi connectivity index (χ0n) is 20.3. The Labute approximate surface area is 210 Å². The SMILES string of the molecule is Cc1cccc(N(C(=O)c2ccc3c(c2)OCCO3)[C@H](C(=O)NC2CCCC2)c2ccc(O)cc2)c1. The van der Waals surface area contributed by atoms with E-state index in [2.05, 4.69) is 5.32 Å². The van der Waals surface area contributed by atoms with Crippen LogP contribution in [0.25, 0.3) is 0 Å². The summed E-state index contributed by atoms with van der Waals surface area (Å²) in [5, 5.41) is 13.1. The molecule has 0 spiro atoms. The molecule has 2 N–H and O–H groups in total. The number of fused-ring (bicyclic) bond motifs is 1. The van der Waals surface area contributed by atoms with E-state index < -0.39 is 6.04 Å². The van der Waals surface area contributed by atoms with Crippen molar-refractivity contribution in [1.29, 1.82) is 0 Å². The van der Waals surface area contributed by atoms with Crippen LogP contribution in [-0.2, 0) is 4.79 Å². The first-order valence-electron chi connectivity index (χ1n) is 12.4. The summed E-state index contributed by atoms with van der Waals surface area (Å²) in [4.78, 5) is 29.5. The van der Waals surface area contributed by atoms with Crippen molar-refractivity contribution in [2.75, 3.05) is 18.1 Å². The first-order valence-corrected chi connectivity index (χ1v) is 12.4. The second-order valence-electron chi connectivity index (χ2n) is 9.36. The normalized spacial score (nSPS) is 15.8. The lowest BCUT2D eigenvalue weighted by Crippen LogP contribution is -2.46. The molecule has 2 amide bonds. The first kappa shape index (κ1) is 23.7. The molecule has 1 atom stereocenters. The Morgan fingerprint density at radius 1 is 0.944 bits per heavy atom. The zero-order valence-corrected chi connectivity index (χ0v) is 20.3. The number of rotatable bonds is 6. The fourth-order valence-corrected chi connectivity index (χ4v) is 4.90. The van der Waals surface area contributed by atoms with Crippen LogP contribution in [0.1, 0.15) is 53.2 Å². The van der Waals surface area contributed by atoms with Crippen molar-refractivity contribution in [3.63, 3.8) is 0 Å². The molecule has 186 valence electrons. The predicted molar refractivity (Wildman–Crippen MR) is 137 cm³/mol. The van der Waals surface area contributed by atoms with Crippen LogP contribution in [0.5, 0.6) is 17.2 Å². The van der Waals surface area contributed by atoms with Crippen molar-refractivity contribution in [3.05, 3.63) is 83.4 Å². The minimum absolute atomic E-state index is 0.0841. The minimum Gasteiger partial charge on any atom is -0.508 e. The fourth-order valence-electron chi connectivity index (χ4n) is 4.90. The largest absolute Gasteiger partial charge is 0.508 e. The van der Waals surface area contributed by atoms with Crippen LogP contribution in [0.4, 0.5) is 5.69 Å². The van der Waals surface area contributed by atoms with Crippen molar-refractivity contribution < 1.29 is 24.2 Å². The summed E-state index contributed by atoms with van der Waals surface area (Å²) >= 11 is 0. The maximum Gasteiger partial charge on any atom is 0.259 e. The summed E-state index contributed by atoms with van der Waals surface area (Å²) in [7, 11) is 0. The van der Waals surface area contributed by atoms with Crippen molar-refractivity contribution in [2.24, 2.45) is 0 Å². The molecule has 36 heavy (non-hydrogen) atoms. The molecular formula is C29H30N2O5. The highest BCUT2D eigenvalue weighted by Gasteiger charge is 2.35. The molecule has 0 radical (unpaired) electrons. The Balaban J connectivity index is 1.60. The van der Waals surface area contributed by atoms with Crippen LogP contribution in [0.3, 0.4) is 0 Å². The number of hydrogen-bond acceptors (Lipinski definition) is 5. The Kier molecular flexibility index (Phi) is 6.80. The van der Waals surface area contributed by atoms with Crippen molar-refractivity contribution in [2.45, 2.75) is 44.7 Å². The summed E-state index contributed by atoms with van der Waals surface area (Å²) in [6.07, 6.45) is 4.00. The minimum atomic E-state index is -0.936. The quantitative estimate of drug-likeness (QED) is 0.517. The van der Waals surface area contributed by atoms with Crippen molar-refractivity contribution >= 4 is 17.5 Å². The number of ether oxygens (including phenoxy) is 2. The highest BCUT2D eigenvalue weighted by atomic mass is 16.6. The van der Waals surface area contributed by atoms with E-state index in [9.17, 15) is 14.7 Å². The molecule has 7 nitrogen and oxygen atoms in total. The maximum absolute atomic E-state index is 14.2. The smallest absolute Gasteiger partial charge is 0.259 e. The van der Waals surface area contributed by atoms with Gasteiger partial charge in [0.2, 0.25) is 5.91 Å². The van der Waals surface area contributed by atoms with Gasteiger partial charge in [0.15, 0.2) is 11.5 Å². The summed E-state index contributed by atoms with van der Waals surface area (Å²) in [5.41, 5.74) is 2.57. The third kappa shape index (κ3) is 5.00. The van der Waals surface area contributed by atoms with Crippen molar-refractivity contribution in [1.82, 2.24) is 5.32 Å². The molecular weight excluding hydrogens is 456 g/mol. The monoisotopic (exact) mass is 486 g/mol. The van der Waals surface area contributed by atoms with Gasteiger partial charge in [-0.25, -0.2) is 0 Å². The molecule has 3 aromatic carbocycles. The van der Waals surface area contributed by atoms with Gasteiger partial charge in [-0.2, -0.15) is 0 Å². The van der Waals surface area contributed by atoms with Gasteiger partial charge in [0.25, 0.3) is 5.91 Å². The van der Waals surface area contributed by atoms with E-state index in [-0.39, 0.29) is 23.6 Å². The molecule has 3 aromatic rings. The molecule has 1 saturated carbocycles. The number of phenolic OH excluding ortho intramolecular Hbond substituents is 1. The van der Waals surface area contributed by atoms with Crippen molar-refractivity contribution in [3.8, 4) is 17.2 Å². The van der Waals surface area contributed by atoms with E-state index in [4.69, 9.17) is 9.47 Å². The highest BCUT2D eigenvalue weighted by Crippen LogP contribution is 2.35. The van der Waals surface area contributed by atoms with Gasteiger partial charge in [-0.3, -0.25) is 14.5 Å². The number of hydrogen-bond donors (Lipinski definition) is 2. The number of aromatic hydroxyl groups is 1. The molecule has 1 aliphatic heterocycles. The molecule has 2 aliphatic rings. The van der Waals surface area contributed by atoms with Crippen LogP contribution in [-0.4, -0.2) is 36.2 Å². The van der Waals surface area contributed by atoms with E-state index in [1.165, 1.54) is 17.0 Å².